The first-order valence-electron chi connectivity index (χ1n) is 7.63. The Morgan fingerprint density at radius 3 is 2.87 bits per heavy atom. The van der Waals surface area contributed by atoms with E-state index >= 15 is 0 Å². The minimum absolute atomic E-state index is 0.0989. The first-order chi connectivity index (χ1) is 11.1. The Morgan fingerprint density at radius 1 is 1.35 bits per heavy atom. The summed E-state index contributed by atoms with van der Waals surface area (Å²) in [5.41, 5.74) is 3.44. The minimum Gasteiger partial charge on any atom is -0.377 e. The molecule has 1 aromatic heterocycles. The summed E-state index contributed by atoms with van der Waals surface area (Å²) in [6.07, 6.45) is -0.0989. The van der Waals surface area contributed by atoms with E-state index in [1.807, 2.05) is 42.8 Å². The Hall–Kier alpha value is -2.18. The van der Waals surface area contributed by atoms with Crippen molar-refractivity contribution in [3.05, 3.63) is 47.3 Å². The molecule has 1 fully saturated rings. The van der Waals surface area contributed by atoms with Crippen LogP contribution in [0.4, 0.5) is 0 Å². The molecule has 0 radical (unpaired) electrons. The number of carbonyl (C=O) groups is 1. The van der Waals surface area contributed by atoms with Crippen molar-refractivity contribution in [2.75, 3.05) is 20.3 Å². The molecule has 1 N–H and O–H groups in total. The van der Waals surface area contributed by atoms with E-state index in [1.54, 1.807) is 13.2 Å². The molecule has 1 aliphatic heterocycles. The molecule has 6 nitrogen and oxygen atoms in total. The lowest BCUT2D eigenvalue weighted by Gasteiger charge is -2.17. The summed E-state index contributed by atoms with van der Waals surface area (Å²) in [5, 5.41) is 7.43. The van der Waals surface area contributed by atoms with Gasteiger partial charge in [0.1, 0.15) is 6.10 Å². The maximum Gasteiger partial charge on any atom is 0.251 e. The number of hydrogen-bond donors (Lipinski definition) is 1. The van der Waals surface area contributed by atoms with Gasteiger partial charge in [0.15, 0.2) is 0 Å². The molecular formula is C17H21N3O3. The first kappa shape index (κ1) is 15.7. The molecule has 122 valence electrons. The summed E-state index contributed by atoms with van der Waals surface area (Å²) in [6.45, 7) is 4.92. The monoisotopic (exact) mass is 315 g/mol. The van der Waals surface area contributed by atoms with Crippen molar-refractivity contribution in [3.8, 4) is 5.69 Å². The highest BCUT2D eigenvalue weighted by Gasteiger charge is 2.29. The summed E-state index contributed by atoms with van der Waals surface area (Å²) in [7, 11) is 1.63. The van der Waals surface area contributed by atoms with E-state index in [4.69, 9.17) is 9.47 Å². The molecule has 0 aliphatic carbocycles. The number of methoxy groups -OCH3 is 1. The van der Waals surface area contributed by atoms with Gasteiger partial charge in [0, 0.05) is 18.4 Å². The van der Waals surface area contributed by atoms with Crippen LogP contribution in [0, 0.1) is 13.8 Å². The van der Waals surface area contributed by atoms with E-state index in [-0.39, 0.29) is 18.1 Å². The van der Waals surface area contributed by atoms with Gasteiger partial charge in [-0.05, 0) is 38.1 Å². The second kappa shape index (κ2) is 6.52. The quantitative estimate of drug-likeness (QED) is 0.931. The number of amides is 1. The molecule has 1 saturated heterocycles. The highest BCUT2D eigenvalue weighted by atomic mass is 16.5. The average Bonchev–Trinajstić information content (AvgIpc) is 3.13. The zero-order valence-electron chi connectivity index (χ0n) is 13.6. The van der Waals surface area contributed by atoms with Crippen molar-refractivity contribution in [1.82, 2.24) is 15.1 Å². The van der Waals surface area contributed by atoms with E-state index in [9.17, 15) is 4.79 Å². The smallest absolute Gasteiger partial charge is 0.251 e. The maximum absolute atomic E-state index is 12.5. The molecule has 2 heterocycles. The topological polar surface area (TPSA) is 65.4 Å². The van der Waals surface area contributed by atoms with Crippen molar-refractivity contribution in [1.29, 1.82) is 0 Å². The average molecular weight is 315 g/mol. The van der Waals surface area contributed by atoms with Gasteiger partial charge in [-0.25, -0.2) is 4.68 Å². The molecule has 6 heteroatoms. The van der Waals surface area contributed by atoms with Gasteiger partial charge in [-0.3, -0.25) is 4.79 Å². The Labute approximate surface area is 135 Å². The molecule has 1 amide bonds. The fourth-order valence-corrected chi connectivity index (χ4v) is 2.82. The molecule has 2 atom stereocenters. The van der Waals surface area contributed by atoms with Crippen LogP contribution in [-0.4, -0.2) is 48.2 Å². The normalized spacial score (nSPS) is 20.7. The zero-order chi connectivity index (χ0) is 16.4. The van der Waals surface area contributed by atoms with Crippen molar-refractivity contribution in [2.45, 2.75) is 26.0 Å². The summed E-state index contributed by atoms with van der Waals surface area (Å²) in [4.78, 5) is 12.5. The Morgan fingerprint density at radius 2 is 2.17 bits per heavy atom. The number of aryl methyl sites for hydroxylation is 2. The standard InChI is InChI=1S/C17H21N3O3/c1-11-7-12(2)20(19-11)14-6-4-5-13(8-14)17(21)18-15-9-23-10-16(15)22-3/h4-8,15-16H,9-10H2,1-3H3,(H,18,21)/t15-,16-/m0/s1. The molecule has 1 aromatic carbocycles. The molecule has 23 heavy (non-hydrogen) atoms. The SMILES string of the molecule is CO[C@H]1COC[C@@H]1NC(=O)c1cccc(-n2nc(C)cc2C)c1. The number of nitrogens with one attached hydrogen (secondary N) is 1. The Kier molecular flexibility index (Phi) is 4.45. The van der Waals surface area contributed by atoms with Crippen molar-refractivity contribution < 1.29 is 14.3 Å². The molecule has 1 aliphatic rings. The predicted octanol–water partition coefficient (Wildman–Crippen LogP) is 1.63. The highest BCUT2D eigenvalue weighted by Crippen LogP contribution is 2.15. The lowest BCUT2D eigenvalue weighted by atomic mass is 10.1. The number of ether oxygens (including phenoxy) is 2. The van der Waals surface area contributed by atoms with Crippen LogP contribution in [0.1, 0.15) is 21.7 Å². The van der Waals surface area contributed by atoms with Gasteiger partial charge in [0.2, 0.25) is 0 Å². The lowest BCUT2D eigenvalue weighted by Crippen LogP contribution is -2.43. The third kappa shape index (κ3) is 3.28. The number of carbonyl (C=O) groups excluding carboxylic acids is 1. The van der Waals surface area contributed by atoms with Gasteiger partial charge in [-0.15, -0.1) is 0 Å². The van der Waals surface area contributed by atoms with Crippen LogP contribution in [0.2, 0.25) is 0 Å². The van der Waals surface area contributed by atoms with E-state index < -0.39 is 0 Å². The second-order valence-electron chi connectivity index (χ2n) is 5.78. The van der Waals surface area contributed by atoms with E-state index in [0.717, 1.165) is 17.1 Å². The molecular weight excluding hydrogens is 294 g/mol. The summed E-state index contributed by atoms with van der Waals surface area (Å²) >= 11 is 0. The molecule has 3 rings (SSSR count). The van der Waals surface area contributed by atoms with Crippen LogP contribution in [-0.2, 0) is 9.47 Å². The van der Waals surface area contributed by atoms with Crippen LogP contribution in [0.15, 0.2) is 30.3 Å². The summed E-state index contributed by atoms with van der Waals surface area (Å²) < 4.78 is 12.5. The predicted molar refractivity (Wildman–Crippen MR) is 85.9 cm³/mol. The summed E-state index contributed by atoms with van der Waals surface area (Å²) in [6, 6.07) is 9.32. The van der Waals surface area contributed by atoms with Crippen molar-refractivity contribution >= 4 is 5.91 Å². The van der Waals surface area contributed by atoms with Crippen LogP contribution in [0.5, 0.6) is 0 Å². The molecule has 0 unspecified atom stereocenters. The Bertz CT molecular complexity index is 711. The number of benzene rings is 1. The van der Waals surface area contributed by atoms with E-state index in [1.165, 1.54) is 0 Å². The van der Waals surface area contributed by atoms with Gasteiger partial charge < -0.3 is 14.8 Å². The van der Waals surface area contributed by atoms with Crippen LogP contribution >= 0.6 is 0 Å². The fourth-order valence-electron chi connectivity index (χ4n) is 2.82. The van der Waals surface area contributed by atoms with Crippen molar-refractivity contribution in [3.63, 3.8) is 0 Å². The van der Waals surface area contributed by atoms with E-state index in [0.29, 0.717) is 18.8 Å². The summed E-state index contributed by atoms with van der Waals surface area (Å²) in [5.74, 6) is -0.133. The highest BCUT2D eigenvalue weighted by molar-refractivity contribution is 5.95. The molecule has 0 spiro atoms. The maximum atomic E-state index is 12.5. The number of aromatic nitrogens is 2. The molecule has 0 saturated carbocycles. The van der Waals surface area contributed by atoms with Gasteiger partial charge in [0.05, 0.1) is 30.6 Å². The number of nitrogens with zero attached hydrogens (tertiary/aromatic N) is 2. The zero-order valence-corrected chi connectivity index (χ0v) is 13.6. The minimum atomic E-state index is -0.133. The molecule has 2 aromatic rings. The lowest BCUT2D eigenvalue weighted by molar-refractivity contribution is 0.0685. The van der Waals surface area contributed by atoms with Crippen LogP contribution < -0.4 is 5.32 Å². The van der Waals surface area contributed by atoms with Crippen LogP contribution in [0.3, 0.4) is 0 Å². The van der Waals surface area contributed by atoms with Gasteiger partial charge >= 0.3 is 0 Å². The Balaban J connectivity index is 1.79. The van der Waals surface area contributed by atoms with Gasteiger partial charge in [-0.2, -0.15) is 5.10 Å². The third-order valence-corrected chi connectivity index (χ3v) is 4.01. The van der Waals surface area contributed by atoms with Crippen LogP contribution in [0.25, 0.3) is 5.69 Å². The van der Waals surface area contributed by atoms with Crippen molar-refractivity contribution in [2.24, 2.45) is 0 Å². The van der Waals surface area contributed by atoms with Gasteiger partial charge in [0.25, 0.3) is 5.91 Å². The number of hydrogen-bond acceptors (Lipinski definition) is 4. The second-order valence-corrected chi connectivity index (χ2v) is 5.78. The number of rotatable bonds is 4. The van der Waals surface area contributed by atoms with Gasteiger partial charge in [-0.1, -0.05) is 6.07 Å². The fraction of sp³-hybridized carbons (Fsp3) is 0.412. The largest absolute Gasteiger partial charge is 0.377 e. The van der Waals surface area contributed by atoms with E-state index in [2.05, 4.69) is 10.4 Å². The first-order valence-corrected chi connectivity index (χ1v) is 7.63. The third-order valence-electron chi connectivity index (χ3n) is 4.01. The molecule has 0 bridgehead atoms.